The van der Waals surface area contributed by atoms with Crippen molar-refractivity contribution in [2.24, 2.45) is 5.10 Å². The second kappa shape index (κ2) is 14.2. The minimum atomic E-state index is -0.399. The number of hydrazone groups is 1. The summed E-state index contributed by atoms with van der Waals surface area (Å²) in [7, 11) is 1.54. The molecule has 0 aliphatic heterocycles. The van der Waals surface area contributed by atoms with Crippen LogP contribution >= 0.6 is 22.6 Å². The van der Waals surface area contributed by atoms with Gasteiger partial charge in [-0.05, 0) is 97.0 Å². The molecule has 3 rings (SSSR count). The monoisotopic (exact) mass is 631 g/mol. The third-order valence-corrected chi connectivity index (χ3v) is 5.89. The van der Waals surface area contributed by atoms with E-state index in [4.69, 9.17) is 18.9 Å². The number of carbonyl (C=O) groups is 2. The Balaban J connectivity index is 1.67. The van der Waals surface area contributed by atoms with Gasteiger partial charge < -0.3 is 24.3 Å². The van der Waals surface area contributed by atoms with E-state index in [-0.39, 0.29) is 12.5 Å². The molecule has 10 heteroatoms. The van der Waals surface area contributed by atoms with Gasteiger partial charge in [0.1, 0.15) is 0 Å². The first kappa shape index (κ1) is 28.8. The van der Waals surface area contributed by atoms with Crippen molar-refractivity contribution >= 4 is 46.3 Å². The van der Waals surface area contributed by atoms with Crippen molar-refractivity contribution in [3.63, 3.8) is 0 Å². The van der Waals surface area contributed by atoms with Gasteiger partial charge >= 0.3 is 0 Å². The lowest BCUT2D eigenvalue weighted by atomic mass is 10.2. The fourth-order valence-electron chi connectivity index (χ4n) is 3.44. The van der Waals surface area contributed by atoms with Crippen molar-refractivity contribution in [2.75, 3.05) is 32.2 Å². The number of ether oxygens (including phenoxy) is 4. The Morgan fingerprint density at radius 2 is 1.71 bits per heavy atom. The summed E-state index contributed by atoms with van der Waals surface area (Å²) in [6.45, 7) is 6.32. The minimum Gasteiger partial charge on any atom is -0.493 e. The van der Waals surface area contributed by atoms with Crippen LogP contribution in [0.1, 0.15) is 35.3 Å². The van der Waals surface area contributed by atoms with Crippen molar-refractivity contribution in [1.29, 1.82) is 0 Å². The molecule has 2 amide bonds. The predicted octanol–water partition coefficient (Wildman–Crippen LogP) is 5.19. The SMILES string of the molecule is CCOc1cc(C(=O)N/N=C/c2cc(I)c(OCC(=O)Nc3cccc(C)c3)c(OCC)c2)ccc1OC. The van der Waals surface area contributed by atoms with E-state index in [9.17, 15) is 9.59 Å². The lowest BCUT2D eigenvalue weighted by Crippen LogP contribution is -2.20. The van der Waals surface area contributed by atoms with Gasteiger partial charge in [0, 0.05) is 11.3 Å². The van der Waals surface area contributed by atoms with Gasteiger partial charge in [-0.1, -0.05) is 12.1 Å². The zero-order chi connectivity index (χ0) is 27.5. The molecule has 0 aliphatic carbocycles. The summed E-state index contributed by atoms with van der Waals surface area (Å²) in [6.07, 6.45) is 1.50. The van der Waals surface area contributed by atoms with Crippen LogP contribution in [0, 0.1) is 10.5 Å². The number of hydrogen-bond acceptors (Lipinski definition) is 7. The largest absolute Gasteiger partial charge is 0.493 e. The molecule has 0 aromatic heterocycles. The number of benzene rings is 3. The molecule has 0 heterocycles. The molecule has 38 heavy (non-hydrogen) atoms. The fourth-order valence-corrected chi connectivity index (χ4v) is 4.22. The summed E-state index contributed by atoms with van der Waals surface area (Å²) in [5.41, 5.74) is 5.32. The number of nitrogens with one attached hydrogen (secondary N) is 2. The average Bonchev–Trinajstić information content (AvgIpc) is 2.88. The van der Waals surface area contributed by atoms with E-state index >= 15 is 0 Å². The number of rotatable bonds is 12. The molecule has 0 fully saturated rings. The van der Waals surface area contributed by atoms with Gasteiger partial charge in [0.25, 0.3) is 11.8 Å². The molecule has 9 nitrogen and oxygen atoms in total. The normalized spacial score (nSPS) is 10.7. The van der Waals surface area contributed by atoms with Crippen molar-refractivity contribution in [2.45, 2.75) is 20.8 Å². The zero-order valence-corrected chi connectivity index (χ0v) is 23.8. The number of amides is 2. The molecule has 0 unspecified atom stereocenters. The van der Waals surface area contributed by atoms with Gasteiger partial charge in [0.15, 0.2) is 29.6 Å². The molecule has 0 saturated heterocycles. The lowest BCUT2D eigenvalue weighted by molar-refractivity contribution is -0.118. The van der Waals surface area contributed by atoms with Crippen LogP contribution in [0.25, 0.3) is 0 Å². The first-order chi connectivity index (χ1) is 18.3. The van der Waals surface area contributed by atoms with E-state index in [1.165, 1.54) is 13.3 Å². The number of nitrogens with zero attached hydrogens (tertiary/aromatic N) is 1. The van der Waals surface area contributed by atoms with Gasteiger partial charge in [0.05, 0.1) is 30.1 Å². The minimum absolute atomic E-state index is 0.181. The highest BCUT2D eigenvalue weighted by Crippen LogP contribution is 2.34. The van der Waals surface area contributed by atoms with E-state index in [0.29, 0.717) is 53.0 Å². The van der Waals surface area contributed by atoms with E-state index in [1.807, 2.05) is 51.1 Å². The Morgan fingerprint density at radius 1 is 0.947 bits per heavy atom. The number of aryl methyl sites for hydroxylation is 1. The molecule has 0 atom stereocenters. The Morgan fingerprint density at radius 3 is 2.42 bits per heavy atom. The summed E-state index contributed by atoms with van der Waals surface area (Å²) in [4.78, 5) is 25.0. The zero-order valence-electron chi connectivity index (χ0n) is 21.7. The lowest BCUT2D eigenvalue weighted by Gasteiger charge is -2.14. The summed E-state index contributed by atoms with van der Waals surface area (Å²) in [5.74, 6) is 1.25. The molecule has 0 saturated carbocycles. The number of carbonyl (C=O) groups excluding carboxylic acids is 2. The van der Waals surface area contributed by atoms with Gasteiger partial charge in [0.2, 0.25) is 0 Å². The molecule has 0 spiro atoms. The first-order valence-electron chi connectivity index (χ1n) is 11.9. The van der Waals surface area contributed by atoms with Crippen LogP contribution < -0.4 is 29.7 Å². The quantitative estimate of drug-likeness (QED) is 0.162. The molecule has 2 N–H and O–H groups in total. The second-order valence-corrected chi connectivity index (χ2v) is 9.13. The third-order valence-electron chi connectivity index (χ3n) is 5.09. The number of halogens is 1. The van der Waals surface area contributed by atoms with Gasteiger partial charge in [-0.15, -0.1) is 0 Å². The highest BCUT2D eigenvalue weighted by Gasteiger charge is 2.15. The molecular weight excluding hydrogens is 601 g/mol. The maximum absolute atomic E-state index is 12.6. The van der Waals surface area contributed by atoms with Gasteiger partial charge in [-0.2, -0.15) is 5.10 Å². The van der Waals surface area contributed by atoms with Crippen LogP contribution in [-0.4, -0.2) is 45.0 Å². The van der Waals surface area contributed by atoms with Crippen LogP contribution in [-0.2, 0) is 4.79 Å². The topological polar surface area (TPSA) is 107 Å². The van der Waals surface area contributed by atoms with Crippen molar-refractivity contribution < 1.29 is 28.5 Å². The summed E-state index contributed by atoms with van der Waals surface area (Å²) in [5, 5.41) is 6.90. The second-order valence-electron chi connectivity index (χ2n) is 7.97. The average molecular weight is 631 g/mol. The Kier molecular flexibility index (Phi) is 10.8. The van der Waals surface area contributed by atoms with Crippen molar-refractivity contribution in [3.05, 3.63) is 74.9 Å². The van der Waals surface area contributed by atoms with Crippen molar-refractivity contribution in [3.8, 4) is 23.0 Å². The highest BCUT2D eigenvalue weighted by molar-refractivity contribution is 14.1. The van der Waals surface area contributed by atoms with E-state index in [0.717, 1.165) is 9.13 Å². The first-order valence-corrected chi connectivity index (χ1v) is 13.0. The Bertz CT molecular complexity index is 1310. The molecule has 3 aromatic carbocycles. The third kappa shape index (κ3) is 8.10. The maximum Gasteiger partial charge on any atom is 0.271 e. The van der Waals surface area contributed by atoms with Crippen LogP contribution in [0.15, 0.2) is 59.7 Å². The Labute approximate surface area is 235 Å². The van der Waals surface area contributed by atoms with E-state index in [2.05, 4.69) is 38.4 Å². The van der Waals surface area contributed by atoms with Crippen LogP contribution in [0.5, 0.6) is 23.0 Å². The molecule has 200 valence electrons. The number of hydrogen-bond donors (Lipinski definition) is 2. The Hall–Kier alpha value is -3.80. The number of anilines is 1. The summed E-state index contributed by atoms with van der Waals surface area (Å²) in [6, 6.07) is 16.0. The molecular formula is C28H30IN3O6. The fraction of sp³-hybridized carbons (Fsp3) is 0.250. The molecule has 0 bridgehead atoms. The van der Waals surface area contributed by atoms with Crippen LogP contribution in [0.4, 0.5) is 5.69 Å². The van der Waals surface area contributed by atoms with Crippen molar-refractivity contribution in [1.82, 2.24) is 5.43 Å². The predicted molar refractivity (Wildman–Crippen MR) is 155 cm³/mol. The smallest absolute Gasteiger partial charge is 0.271 e. The van der Waals surface area contributed by atoms with E-state index < -0.39 is 5.91 Å². The molecule has 3 aromatic rings. The highest BCUT2D eigenvalue weighted by atomic mass is 127. The summed E-state index contributed by atoms with van der Waals surface area (Å²) >= 11 is 2.11. The van der Waals surface area contributed by atoms with E-state index in [1.54, 1.807) is 24.3 Å². The number of methoxy groups -OCH3 is 1. The van der Waals surface area contributed by atoms with Crippen LogP contribution in [0.2, 0.25) is 0 Å². The van der Waals surface area contributed by atoms with Gasteiger partial charge in [-0.3, -0.25) is 9.59 Å². The van der Waals surface area contributed by atoms with Crippen LogP contribution in [0.3, 0.4) is 0 Å². The standard InChI is InChI=1S/C28H30IN3O6/c1-5-36-24-15-20(10-11-23(24)35-4)28(34)32-30-16-19-13-22(29)27(25(14-19)37-6-2)38-17-26(33)31-21-9-7-8-18(3)12-21/h7-16H,5-6,17H2,1-4H3,(H,31,33)(H,32,34)/b30-16+. The maximum atomic E-state index is 12.6. The molecule has 0 aliphatic rings. The summed E-state index contributed by atoms with van der Waals surface area (Å²) < 4.78 is 23.1. The molecule has 0 radical (unpaired) electrons. The van der Waals surface area contributed by atoms with Gasteiger partial charge in [-0.25, -0.2) is 5.43 Å².